The second-order valence-electron chi connectivity index (χ2n) is 11.1. The largest absolute Gasteiger partial charge is 0.340 e. The van der Waals surface area contributed by atoms with Crippen molar-refractivity contribution in [3.63, 3.8) is 0 Å². The molecule has 0 saturated carbocycles. The van der Waals surface area contributed by atoms with E-state index < -0.39 is 23.2 Å². The Balaban J connectivity index is 2.02. The van der Waals surface area contributed by atoms with Crippen molar-refractivity contribution in [2.24, 2.45) is 5.41 Å². The van der Waals surface area contributed by atoms with Crippen molar-refractivity contribution >= 4 is 23.4 Å². The van der Waals surface area contributed by atoms with E-state index in [0.717, 1.165) is 19.5 Å². The van der Waals surface area contributed by atoms with Gasteiger partial charge in [0.15, 0.2) is 5.69 Å². The highest BCUT2D eigenvalue weighted by molar-refractivity contribution is 6.30. The molecule has 0 radical (unpaired) electrons. The molecular weight excluding hydrogens is 495 g/mol. The van der Waals surface area contributed by atoms with Gasteiger partial charge in [0.1, 0.15) is 17.7 Å². The van der Waals surface area contributed by atoms with Gasteiger partial charge in [-0.25, -0.2) is 9.37 Å². The van der Waals surface area contributed by atoms with Gasteiger partial charge in [0.2, 0.25) is 5.91 Å². The van der Waals surface area contributed by atoms with Crippen LogP contribution in [0.1, 0.15) is 50.3 Å². The summed E-state index contributed by atoms with van der Waals surface area (Å²) in [6.45, 7) is 11.5. The van der Waals surface area contributed by atoms with Crippen LogP contribution in [0.5, 0.6) is 0 Å². The molecule has 2 heterocycles. The number of fused-ring (bicyclic) bond motifs is 1. The molecule has 2 amide bonds. The van der Waals surface area contributed by atoms with E-state index >= 15 is 0 Å². The number of nitrogens with zero attached hydrogens (tertiary/aromatic N) is 5. The minimum Gasteiger partial charge on any atom is -0.340 e. The number of aromatic nitrogens is 2. The van der Waals surface area contributed by atoms with Crippen LogP contribution in [0.15, 0.2) is 18.2 Å². The molecule has 0 saturated heterocycles. The zero-order valence-corrected chi connectivity index (χ0v) is 23.8. The fourth-order valence-electron chi connectivity index (χ4n) is 4.55. The first-order chi connectivity index (χ1) is 17.3. The molecule has 0 aliphatic carbocycles. The van der Waals surface area contributed by atoms with Gasteiger partial charge in [-0.2, -0.15) is 0 Å². The number of imidazole rings is 1. The maximum atomic E-state index is 14.9. The highest BCUT2D eigenvalue weighted by atomic mass is 35.5. The van der Waals surface area contributed by atoms with Crippen LogP contribution in [0, 0.1) is 11.2 Å². The summed E-state index contributed by atoms with van der Waals surface area (Å²) in [4.78, 5) is 37.9. The Kier molecular flexibility index (Phi) is 9.37. The van der Waals surface area contributed by atoms with E-state index in [-0.39, 0.29) is 17.2 Å². The molecule has 1 unspecified atom stereocenters. The van der Waals surface area contributed by atoms with Gasteiger partial charge in [0.25, 0.3) is 5.91 Å². The third-order valence-electron chi connectivity index (χ3n) is 6.70. The number of halogens is 2. The van der Waals surface area contributed by atoms with E-state index in [1.54, 1.807) is 4.90 Å². The molecule has 0 bridgehead atoms. The predicted octanol–water partition coefficient (Wildman–Crippen LogP) is 3.73. The van der Waals surface area contributed by atoms with Crippen LogP contribution in [-0.2, 0) is 17.9 Å². The van der Waals surface area contributed by atoms with E-state index in [9.17, 15) is 14.0 Å². The molecule has 8 nitrogen and oxygen atoms in total. The molecular formula is C27H40ClFN6O2. The van der Waals surface area contributed by atoms with Gasteiger partial charge < -0.3 is 24.6 Å². The fourth-order valence-corrected chi connectivity index (χ4v) is 4.72. The highest BCUT2D eigenvalue weighted by Crippen LogP contribution is 2.30. The Hall–Kier alpha value is -2.49. The minimum absolute atomic E-state index is 0.131. The number of hydrogen-bond acceptors (Lipinski definition) is 5. The van der Waals surface area contributed by atoms with E-state index in [2.05, 4.69) is 15.2 Å². The molecule has 1 aromatic heterocycles. The first-order valence-corrected chi connectivity index (χ1v) is 13.2. The van der Waals surface area contributed by atoms with E-state index in [1.807, 2.05) is 58.3 Å². The maximum absolute atomic E-state index is 14.9. The van der Waals surface area contributed by atoms with Crippen molar-refractivity contribution in [2.75, 3.05) is 47.3 Å². The summed E-state index contributed by atoms with van der Waals surface area (Å²) in [6, 6.07) is 3.58. The summed E-state index contributed by atoms with van der Waals surface area (Å²) in [5.41, 5.74) is 0.628. The Labute approximate surface area is 224 Å². The van der Waals surface area contributed by atoms with Crippen LogP contribution in [0.3, 0.4) is 0 Å². The molecule has 3 rings (SSSR count). The van der Waals surface area contributed by atoms with E-state index in [4.69, 9.17) is 11.6 Å². The summed E-state index contributed by atoms with van der Waals surface area (Å²) in [5.74, 6) is -0.655. The minimum atomic E-state index is -0.755. The summed E-state index contributed by atoms with van der Waals surface area (Å²) >= 11 is 6.18. The van der Waals surface area contributed by atoms with Crippen molar-refractivity contribution in [1.29, 1.82) is 0 Å². The van der Waals surface area contributed by atoms with E-state index in [0.29, 0.717) is 42.7 Å². The molecule has 1 aliphatic rings. The average molecular weight is 535 g/mol. The van der Waals surface area contributed by atoms with Crippen LogP contribution in [-0.4, -0.2) is 89.4 Å². The van der Waals surface area contributed by atoms with Gasteiger partial charge in [0, 0.05) is 37.7 Å². The summed E-state index contributed by atoms with van der Waals surface area (Å²) in [5, 5.41) is 3.38. The SMILES string of the molecule is CCN(CCN(C)C)C(=O)C(NC(=O)c1nc(-c2cc(Cl)ccc2F)n2c1CN(C)CCC2)C(C)(C)C. The molecule has 37 heavy (non-hydrogen) atoms. The van der Waals surface area contributed by atoms with Crippen molar-refractivity contribution in [2.45, 2.75) is 53.2 Å². The number of hydrogen-bond donors (Lipinski definition) is 1. The topological polar surface area (TPSA) is 73.7 Å². The lowest BCUT2D eigenvalue weighted by Gasteiger charge is -2.35. The fraction of sp³-hybridized carbons (Fsp3) is 0.593. The molecule has 0 fully saturated rings. The lowest BCUT2D eigenvalue weighted by Crippen LogP contribution is -2.55. The first-order valence-electron chi connectivity index (χ1n) is 12.8. The predicted molar refractivity (Wildman–Crippen MR) is 145 cm³/mol. The monoisotopic (exact) mass is 534 g/mol. The zero-order chi connectivity index (χ0) is 27.5. The number of nitrogens with one attached hydrogen (secondary N) is 1. The van der Waals surface area contributed by atoms with Crippen molar-refractivity contribution in [1.82, 2.24) is 29.6 Å². The standard InChI is InChI=1S/C27H40ClFN6O2/c1-8-34(15-14-32(5)6)26(37)23(27(2,3)4)31-25(36)22-21-17-33(7)12-9-13-35(21)24(30-22)19-16-18(28)10-11-20(19)29/h10-11,16,23H,8-9,12-15,17H2,1-7H3,(H,31,36). The quantitative estimate of drug-likeness (QED) is 0.558. The normalized spacial score (nSPS) is 15.3. The van der Waals surface area contributed by atoms with Gasteiger partial charge in [-0.1, -0.05) is 32.4 Å². The molecule has 1 aromatic carbocycles. The number of carbonyl (C=O) groups is 2. The summed E-state index contributed by atoms with van der Waals surface area (Å²) in [6.07, 6.45) is 0.830. The first kappa shape index (κ1) is 29.1. The van der Waals surface area contributed by atoms with Crippen LogP contribution in [0.4, 0.5) is 4.39 Å². The molecule has 0 spiro atoms. The second kappa shape index (κ2) is 11.9. The number of benzene rings is 1. The van der Waals surface area contributed by atoms with Crippen molar-refractivity contribution < 1.29 is 14.0 Å². The highest BCUT2D eigenvalue weighted by Gasteiger charge is 2.37. The lowest BCUT2D eigenvalue weighted by atomic mass is 9.85. The Bertz CT molecular complexity index is 1130. The summed E-state index contributed by atoms with van der Waals surface area (Å²) < 4.78 is 16.8. The van der Waals surface area contributed by atoms with Crippen LogP contribution in [0.25, 0.3) is 11.4 Å². The number of carbonyl (C=O) groups excluding carboxylic acids is 2. The molecule has 2 aromatic rings. The van der Waals surface area contributed by atoms with Gasteiger partial charge in [-0.3, -0.25) is 9.59 Å². The third-order valence-corrected chi connectivity index (χ3v) is 6.93. The van der Waals surface area contributed by atoms with E-state index in [1.165, 1.54) is 18.2 Å². The molecule has 1 N–H and O–H groups in total. The van der Waals surface area contributed by atoms with Crippen molar-refractivity contribution in [3.05, 3.63) is 40.4 Å². The van der Waals surface area contributed by atoms with Crippen molar-refractivity contribution in [3.8, 4) is 11.4 Å². The van der Waals surface area contributed by atoms with Crippen LogP contribution < -0.4 is 5.32 Å². The van der Waals surface area contributed by atoms with Crippen LogP contribution >= 0.6 is 11.6 Å². The van der Waals surface area contributed by atoms with Gasteiger partial charge in [-0.15, -0.1) is 0 Å². The second-order valence-corrected chi connectivity index (χ2v) is 11.5. The summed E-state index contributed by atoms with van der Waals surface area (Å²) in [7, 11) is 5.90. The smallest absolute Gasteiger partial charge is 0.272 e. The van der Waals surface area contributed by atoms with Crippen LogP contribution in [0.2, 0.25) is 5.02 Å². The molecule has 204 valence electrons. The molecule has 1 atom stereocenters. The molecule has 1 aliphatic heterocycles. The Morgan fingerprint density at radius 1 is 1.22 bits per heavy atom. The number of likely N-dealkylation sites (N-methyl/N-ethyl adjacent to an activating group) is 2. The van der Waals surface area contributed by atoms with Gasteiger partial charge >= 0.3 is 0 Å². The third kappa shape index (κ3) is 6.89. The maximum Gasteiger partial charge on any atom is 0.272 e. The number of amides is 2. The average Bonchev–Trinajstić information content (AvgIpc) is 3.04. The lowest BCUT2D eigenvalue weighted by molar-refractivity contribution is -0.135. The zero-order valence-electron chi connectivity index (χ0n) is 23.1. The Morgan fingerprint density at radius 2 is 1.92 bits per heavy atom. The van der Waals surface area contributed by atoms with Gasteiger partial charge in [-0.05, 0) is 64.6 Å². The number of rotatable bonds is 8. The molecule has 10 heteroatoms. The van der Waals surface area contributed by atoms with Gasteiger partial charge in [0.05, 0.1) is 11.3 Å². The Morgan fingerprint density at radius 3 is 2.54 bits per heavy atom.